The van der Waals surface area contributed by atoms with Gasteiger partial charge in [0.1, 0.15) is 0 Å². The third-order valence-corrected chi connectivity index (χ3v) is 2.64. The summed E-state index contributed by atoms with van der Waals surface area (Å²) in [6.45, 7) is 9.08. The SMILES string of the molecule is CSCC(C)NC(C)CC(C)C. The molecule has 74 valence electrons. The molecule has 0 amide bonds. The fraction of sp³-hybridized carbons (Fsp3) is 1.00. The summed E-state index contributed by atoms with van der Waals surface area (Å²) in [6.07, 6.45) is 3.43. The van der Waals surface area contributed by atoms with E-state index in [1.807, 2.05) is 11.8 Å². The Morgan fingerprint density at radius 1 is 1.08 bits per heavy atom. The van der Waals surface area contributed by atoms with Crippen molar-refractivity contribution in [1.29, 1.82) is 0 Å². The molecule has 0 bridgehead atoms. The zero-order valence-corrected chi connectivity index (χ0v) is 9.87. The maximum absolute atomic E-state index is 3.59. The molecule has 0 fully saturated rings. The highest BCUT2D eigenvalue weighted by Gasteiger charge is 2.07. The lowest BCUT2D eigenvalue weighted by Crippen LogP contribution is -2.36. The molecule has 1 N–H and O–H groups in total. The predicted molar refractivity (Wildman–Crippen MR) is 59.9 cm³/mol. The van der Waals surface area contributed by atoms with Gasteiger partial charge in [0.05, 0.1) is 0 Å². The number of nitrogens with one attached hydrogen (secondary N) is 1. The second-order valence-electron chi connectivity index (χ2n) is 4.05. The van der Waals surface area contributed by atoms with Crippen molar-refractivity contribution in [3.8, 4) is 0 Å². The molecule has 0 aromatic heterocycles. The van der Waals surface area contributed by atoms with Gasteiger partial charge in [-0.05, 0) is 32.4 Å². The molecule has 0 aromatic rings. The first-order valence-corrected chi connectivity index (χ1v) is 6.20. The molecule has 2 heteroatoms. The molecule has 0 aliphatic heterocycles. The van der Waals surface area contributed by atoms with E-state index in [-0.39, 0.29) is 0 Å². The molecule has 0 heterocycles. The quantitative estimate of drug-likeness (QED) is 0.689. The van der Waals surface area contributed by atoms with Crippen LogP contribution < -0.4 is 5.32 Å². The number of thioether (sulfide) groups is 1. The van der Waals surface area contributed by atoms with E-state index in [2.05, 4.69) is 39.3 Å². The van der Waals surface area contributed by atoms with E-state index in [0.717, 1.165) is 5.92 Å². The third kappa shape index (κ3) is 6.99. The van der Waals surface area contributed by atoms with Crippen LogP contribution in [0.25, 0.3) is 0 Å². The summed E-state index contributed by atoms with van der Waals surface area (Å²) in [5.41, 5.74) is 0. The van der Waals surface area contributed by atoms with Gasteiger partial charge in [0, 0.05) is 17.8 Å². The molecular weight excluding hydrogens is 166 g/mol. The van der Waals surface area contributed by atoms with Crippen LogP contribution in [-0.2, 0) is 0 Å². The highest BCUT2D eigenvalue weighted by Crippen LogP contribution is 2.05. The standard InChI is InChI=1S/C10H23NS/c1-8(2)6-9(3)11-10(4)7-12-5/h8-11H,6-7H2,1-5H3. The summed E-state index contributed by atoms with van der Waals surface area (Å²) in [7, 11) is 0. The van der Waals surface area contributed by atoms with Gasteiger partial charge in [0.25, 0.3) is 0 Å². The van der Waals surface area contributed by atoms with E-state index in [0.29, 0.717) is 12.1 Å². The molecule has 2 unspecified atom stereocenters. The van der Waals surface area contributed by atoms with Crippen LogP contribution in [0.2, 0.25) is 0 Å². The number of hydrogen-bond acceptors (Lipinski definition) is 2. The third-order valence-electron chi connectivity index (χ3n) is 1.81. The Morgan fingerprint density at radius 3 is 2.08 bits per heavy atom. The first-order chi connectivity index (χ1) is 5.56. The first-order valence-electron chi connectivity index (χ1n) is 4.81. The van der Waals surface area contributed by atoms with E-state index in [9.17, 15) is 0 Å². The Hall–Kier alpha value is 0.310. The predicted octanol–water partition coefficient (Wildman–Crippen LogP) is 2.76. The van der Waals surface area contributed by atoms with Crippen molar-refractivity contribution in [3.63, 3.8) is 0 Å². The Balaban J connectivity index is 3.46. The highest BCUT2D eigenvalue weighted by atomic mass is 32.2. The van der Waals surface area contributed by atoms with Crippen LogP contribution >= 0.6 is 11.8 Å². The van der Waals surface area contributed by atoms with Crippen LogP contribution in [0.1, 0.15) is 34.1 Å². The van der Waals surface area contributed by atoms with Gasteiger partial charge < -0.3 is 5.32 Å². The lowest BCUT2D eigenvalue weighted by molar-refractivity contribution is 0.416. The maximum atomic E-state index is 3.59. The molecule has 0 spiro atoms. The van der Waals surface area contributed by atoms with Gasteiger partial charge in [-0.3, -0.25) is 0 Å². The average Bonchev–Trinajstić information content (AvgIpc) is 1.84. The minimum absolute atomic E-state index is 0.647. The van der Waals surface area contributed by atoms with Crippen molar-refractivity contribution in [2.45, 2.75) is 46.2 Å². The monoisotopic (exact) mass is 189 g/mol. The molecule has 0 rings (SSSR count). The molecule has 2 atom stereocenters. The number of hydrogen-bond donors (Lipinski definition) is 1. The fourth-order valence-electron chi connectivity index (χ4n) is 1.56. The molecule has 0 radical (unpaired) electrons. The van der Waals surface area contributed by atoms with Crippen molar-refractivity contribution in [3.05, 3.63) is 0 Å². The van der Waals surface area contributed by atoms with Crippen LogP contribution in [0, 0.1) is 5.92 Å². The maximum Gasteiger partial charge on any atom is 0.0132 e. The van der Waals surface area contributed by atoms with Gasteiger partial charge in [-0.15, -0.1) is 0 Å². The summed E-state index contributed by atoms with van der Waals surface area (Å²) in [4.78, 5) is 0. The Bertz CT molecular complexity index is 104. The van der Waals surface area contributed by atoms with E-state index < -0.39 is 0 Å². The van der Waals surface area contributed by atoms with E-state index >= 15 is 0 Å². The molecule has 0 aliphatic carbocycles. The zero-order valence-electron chi connectivity index (χ0n) is 9.05. The van der Waals surface area contributed by atoms with Gasteiger partial charge in [0.2, 0.25) is 0 Å². The minimum atomic E-state index is 0.647. The largest absolute Gasteiger partial charge is 0.311 e. The molecule has 0 saturated heterocycles. The van der Waals surface area contributed by atoms with Crippen molar-refractivity contribution in [1.82, 2.24) is 5.32 Å². The minimum Gasteiger partial charge on any atom is -0.311 e. The Kier molecular flexibility index (Phi) is 6.96. The molecule has 0 aromatic carbocycles. The first kappa shape index (κ1) is 12.3. The van der Waals surface area contributed by atoms with Crippen molar-refractivity contribution in [2.75, 3.05) is 12.0 Å². The topological polar surface area (TPSA) is 12.0 Å². The summed E-state index contributed by atoms with van der Waals surface area (Å²) in [5, 5.41) is 3.59. The van der Waals surface area contributed by atoms with Crippen molar-refractivity contribution < 1.29 is 0 Å². The summed E-state index contributed by atoms with van der Waals surface area (Å²) >= 11 is 1.91. The van der Waals surface area contributed by atoms with Crippen LogP contribution in [0.5, 0.6) is 0 Å². The van der Waals surface area contributed by atoms with Gasteiger partial charge in [-0.25, -0.2) is 0 Å². The highest BCUT2D eigenvalue weighted by molar-refractivity contribution is 7.98. The van der Waals surface area contributed by atoms with E-state index in [1.54, 1.807) is 0 Å². The molecule has 12 heavy (non-hydrogen) atoms. The van der Waals surface area contributed by atoms with Crippen LogP contribution in [0.3, 0.4) is 0 Å². The molecular formula is C10H23NS. The van der Waals surface area contributed by atoms with Gasteiger partial charge >= 0.3 is 0 Å². The normalized spacial score (nSPS) is 16.5. The van der Waals surface area contributed by atoms with Gasteiger partial charge in [-0.2, -0.15) is 11.8 Å². The van der Waals surface area contributed by atoms with Crippen LogP contribution in [-0.4, -0.2) is 24.1 Å². The van der Waals surface area contributed by atoms with Crippen molar-refractivity contribution in [2.24, 2.45) is 5.92 Å². The Morgan fingerprint density at radius 2 is 1.67 bits per heavy atom. The van der Waals surface area contributed by atoms with E-state index in [4.69, 9.17) is 0 Å². The lowest BCUT2D eigenvalue weighted by Gasteiger charge is -2.20. The molecule has 0 aliphatic rings. The van der Waals surface area contributed by atoms with Gasteiger partial charge in [-0.1, -0.05) is 13.8 Å². The molecule has 1 nitrogen and oxygen atoms in total. The zero-order chi connectivity index (χ0) is 9.56. The number of rotatable bonds is 6. The summed E-state index contributed by atoms with van der Waals surface area (Å²) < 4.78 is 0. The van der Waals surface area contributed by atoms with Crippen LogP contribution in [0.4, 0.5) is 0 Å². The van der Waals surface area contributed by atoms with Gasteiger partial charge in [0.15, 0.2) is 0 Å². The Labute approximate surface area is 81.7 Å². The molecule has 0 saturated carbocycles. The van der Waals surface area contributed by atoms with Crippen molar-refractivity contribution >= 4 is 11.8 Å². The average molecular weight is 189 g/mol. The van der Waals surface area contributed by atoms with Crippen LogP contribution in [0.15, 0.2) is 0 Å². The summed E-state index contributed by atoms with van der Waals surface area (Å²) in [5.74, 6) is 2.01. The second-order valence-corrected chi connectivity index (χ2v) is 4.96. The fourth-order valence-corrected chi connectivity index (χ4v) is 2.16. The second kappa shape index (κ2) is 6.79. The lowest BCUT2D eigenvalue weighted by atomic mass is 10.0. The van der Waals surface area contributed by atoms with E-state index in [1.165, 1.54) is 12.2 Å². The smallest absolute Gasteiger partial charge is 0.0132 e. The summed E-state index contributed by atoms with van der Waals surface area (Å²) in [6, 6.07) is 1.31.